The van der Waals surface area contributed by atoms with Crippen LogP contribution in [0, 0.1) is 10.1 Å². The van der Waals surface area contributed by atoms with Crippen LogP contribution in [0.1, 0.15) is 5.56 Å². The summed E-state index contributed by atoms with van der Waals surface area (Å²) in [6, 6.07) is 0.979. The van der Waals surface area contributed by atoms with E-state index in [2.05, 4.69) is 0 Å². The lowest BCUT2D eigenvalue weighted by Crippen LogP contribution is -2.54. The molecule has 1 rings (SSSR count). The standard InChI is InChI=1S/C9H4ClF6NO3/c10-4-1-2-5(6(3-4)17(19)20)7(18,8(11,12)13)9(14,15)16/h1-3,18H. The van der Waals surface area contributed by atoms with Gasteiger partial charge < -0.3 is 5.11 Å². The first kappa shape index (κ1) is 16.5. The summed E-state index contributed by atoms with van der Waals surface area (Å²) in [7, 11) is 0. The molecule has 11 heteroatoms. The van der Waals surface area contributed by atoms with E-state index in [4.69, 9.17) is 16.7 Å². The van der Waals surface area contributed by atoms with Crippen molar-refractivity contribution >= 4 is 17.3 Å². The Balaban J connectivity index is 3.73. The number of nitrogens with zero attached hydrogens (tertiary/aromatic N) is 1. The van der Waals surface area contributed by atoms with Gasteiger partial charge in [-0.05, 0) is 12.1 Å². The van der Waals surface area contributed by atoms with Crippen LogP contribution in [0.3, 0.4) is 0 Å². The van der Waals surface area contributed by atoms with Crippen molar-refractivity contribution in [2.24, 2.45) is 0 Å². The van der Waals surface area contributed by atoms with Gasteiger partial charge in [-0.15, -0.1) is 0 Å². The second-order valence-electron chi connectivity index (χ2n) is 3.62. The van der Waals surface area contributed by atoms with Crippen molar-refractivity contribution in [1.82, 2.24) is 0 Å². The first-order valence-corrected chi connectivity index (χ1v) is 5.00. The van der Waals surface area contributed by atoms with E-state index in [1.54, 1.807) is 0 Å². The van der Waals surface area contributed by atoms with Gasteiger partial charge in [0, 0.05) is 11.1 Å². The Morgan fingerprint density at radius 2 is 1.55 bits per heavy atom. The Labute approximate surface area is 111 Å². The average Bonchev–Trinajstić information content (AvgIpc) is 2.24. The summed E-state index contributed by atoms with van der Waals surface area (Å²) in [5.74, 6) is 0. The normalized spacial score (nSPS) is 13.4. The minimum absolute atomic E-state index is 0.113. The third kappa shape index (κ3) is 2.52. The summed E-state index contributed by atoms with van der Waals surface area (Å²) in [6.07, 6.45) is -12.4. The van der Waals surface area contributed by atoms with Crippen LogP contribution in [0.15, 0.2) is 18.2 Å². The van der Waals surface area contributed by atoms with Gasteiger partial charge in [0.25, 0.3) is 11.3 Å². The lowest BCUT2D eigenvalue weighted by atomic mass is 9.91. The zero-order valence-electron chi connectivity index (χ0n) is 9.09. The fourth-order valence-corrected chi connectivity index (χ4v) is 1.59. The van der Waals surface area contributed by atoms with E-state index in [0.29, 0.717) is 12.1 Å². The summed E-state index contributed by atoms with van der Waals surface area (Å²) in [5.41, 5.74) is -8.91. The molecule has 0 aliphatic rings. The number of nitro benzene ring substituents is 1. The van der Waals surface area contributed by atoms with Crippen LogP contribution in [0.25, 0.3) is 0 Å². The van der Waals surface area contributed by atoms with Crippen molar-refractivity contribution in [3.8, 4) is 0 Å². The first-order valence-electron chi connectivity index (χ1n) is 4.62. The second-order valence-corrected chi connectivity index (χ2v) is 4.06. The predicted molar refractivity (Wildman–Crippen MR) is 54.1 cm³/mol. The Morgan fingerprint density at radius 3 is 1.90 bits per heavy atom. The van der Waals surface area contributed by atoms with Gasteiger partial charge in [-0.2, -0.15) is 26.3 Å². The van der Waals surface area contributed by atoms with Gasteiger partial charge in [-0.1, -0.05) is 11.6 Å². The molecule has 1 N–H and O–H groups in total. The highest BCUT2D eigenvalue weighted by Crippen LogP contribution is 2.52. The number of rotatable bonds is 2. The Kier molecular flexibility index (Phi) is 3.94. The largest absolute Gasteiger partial charge is 0.430 e. The Hall–Kier alpha value is -1.55. The fraction of sp³-hybridized carbons (Fsp3) is 0.333. The van der Waals surface area contributed by atoms with E-state index in [0.717, 1.165) is 0 Å². The molecule has 0 aliphatic heterocycles. The fourth-order valence-electron chi connectivity index (χ4n) is 1.43. The van der Waals surface area contributed by atoms with E-state index in [-0.39, 0.29) is 6.07 Å². The van der Waals surface area contributed by atoms with Crippen LogP contribution in [0.4, 0.5) is 32.0 Å². The third-order valence-corrected chi connectivity index (χ3v) is 2.60. The highest BCUT2D eigenvalue weighted by Gasteiger charge is 2.73. The van der Waals surface area contributed by atoms with Gasteiger partial charge in [0.05, 0.1) is 10.5 Å². The highest BCUT2D eigenvalue weighted by molar-refractivity contribution is 6.30. The zero-order chi connectivity index (χ0) is 15.9. The molecular weight excluding hydrogens is 320 g/mol. The number of nitro groups is 1. The molecule has 0 bridgehead atoms. The van der Waals surface area contributed by atoms with Crippen molar-refractivity contribution < 1.29 is 36.4 Å². The quantitative estimate of drug-likeness (QED) is 0.514. The van der Waals surface area contributed by atoms with Gasteiger partial charge in [0.1, 0.15) is 0 Å². The topological polar surface area (TPSA) is 63.4 Å². The van der Waals surface area contributed by atoms with Crippen LogP contribution in [0.5, 0.6) is 0 Å². The van der Waals surface area contributed by atoms with E-state index in [9.17, 15) is 36.5 Å². The second kappa shape index (κ2) is 4.77. The van der Waals surface area contributed by atoms with E-state index >= 15 is 0 Å². The number of aliphatic hydroxyl groups is 1. The van der Waals surface area contributed by atoms with E-state index in [1.165, 1.54) is 0 Å². The molecular formula is C9H4ClF6NO3. The molecule has 0 spiro atoms. The summed E-state index contributed by atoms with van der Waals surface area (Å²) in [6.45, 7) is 0. The van der Waals surface area contributed by atoms with E-state index in [1.807, 2.05) is 0 Å². The third-order valence-electron chi connectivity index (χ3n) is 2.37. The van der Waals surface area contributed by atoms with Gasteiger partial charge in [0.15, 0.2) is 0 Å². The van der Waals surface area contributed by atoms with Crippen LogP contribution in [-0.2, 0) is 5.60 Å². The number of halogens is 7. The van der Waals surface area contributed by atoms with Crippen molar-refractivity contribution in [2.75, 3.05) is 0 Å². The molecule has 0 heterocycles. The maximum atomic E-state index is 12.6. The summed E-state index contributed by atoms with van der Waals surface area (Å²) >= 11 is 5.29. The maximum absolute atomic E-state index is 12.6. The molecule has 0 saturated heterocycles. The van der Waals surface area contributed by atoms with Crippen molar-refractivity contribution in [3.05, 3.63) is 38.9 Å². The zero-order valence-corrected chi connectivity index (χ0v) is 9.84. The molecule has 112 valence electrons. The molecule has 1 aromatic carbocycles. The molecule has 0 unspecified atom stereocenters. The van der Waals surface area contributed by atoms with Crippen LogP contribution in [-0.4, -0.2) is 22.4 Å². The number of hydrogen-bond donors (Lipinski definition) is 1. The molecule has 4 nitrogen and oxygen atoms in total. The summed E-state index contributed by atoms with van der Waals surface area (Å²) < 4.78 is 75.6. The van der Waals surface area contributed by atoms with Crippen LogP contribution < -0.4 is 0 Å². The molecule has 0 radical (unpaired) electrons. The first-order chi connectivity index (χ1) is 8.82. The van der Waals surface area contributed by atoms with Crippen molar-refractivity contribution in [3.63, 3.8) is 0 Å². The molecule has 0 aromatic heterocycles. The minimum atomic E-state index is -6.20. The molecule has 0 aliphatic carbocycles. The number of hydrogen-bond acceptors (Lipinski definition) is 3. The maximum Gasteiger partial charge on any atom is 0.430 e. The predicted octanol–water partition coefficient (Wildman–Crippen LogP) is 3.56. The van der Waals surface area contributed by atoms with Crippen LogP contribution in [0.2, 0.25) is 5.02 Å². The monoisotopic (exact) mass is 323 g/mol. The van der Waals surface area contributed by atoms with Gasteiger partial charge in [0.2, 0.25) is 0 Å². The molecule has 0 saturated carbocycles. The van der Waals surface area contributed by atoms with Gasteiger partial charge >= 0.3 is 12.4 Å². The lowest BCUT2D eigenvalue weighted by Gasteiger charge is -2.32. The highest BCUT2D eigenvalue weighted by atomic mass is 35.5. The smallest absolute Gasteiger partial charge is 0.369 e. The molecule has 0 atom stereocenters. The molecule has 20 heavy (non-hydrogen) atoms. The van der Waals surface area contributed by atoms with Crippen molar-refractivity contribution in [1.29, 1.82) is 0 Å². The van der Waals surface area contributed by atoms with Crippen LogP contribution >= 0.6 is 11.6 Å². The number of benzene rings is 1. The van der Waals surface area contributed by atoms with Crippen molar-refractivity contribution in [2.45, 2.75) is 18.0 Å². The summed E-state index contributed by atoms with van der Waals surface area (Å²) in [4.78, 5) is 9.08. The SMILES string of the molecule is O=[N+]([O-])c1cc(Cl)ccc1C(O)(C(F)(F)F)C(F)(F)F. The lowest BCUT2D eigenvalue weighted by molar-refractivity contribution is -0.401. The average molecular weight is 324 g/mol. The van der Waals surface area contributed by atoms with Gasteiger partial charge in [-0.3, -0.25) is 10.1 Å². The molecule has 0 fully saturated rings. The molecule has 1 aromatic rings. The number of alkyl halides is 6. The molecule has 0 amide bonds. The van der Waals surface area contributed by atoms with E-state index < -0.39 is 39.2 Å². The Bertz CT molecular complexity index is 527. The Morgan fingerprint density at radius 1 is 1.10 bits per heavy atom. The minimum Gasteiger partial charge on any atom is -0.369 e. The van der Waals surface area contributed by atoms with Gasteiger partial charge in [-0.25, -0.2) is 0 Å². The summed E-state index contributed by atoms with van der Waals surface area (Å²) in [5, 5.41) is 19.2.